The Morgan fingerprint density at radius 2 is 1.88 bits per heavy atom. The highest BCUT2D eigenvalue weighted by Gasteiger charge is 2.17. The van der Waals surface area contributed by atoms with Gasteiger partial charge in [0.15, 0.2) is 0 Å². The molecule has 4 nitrogen and oxygen atoms in total. The van der Waals surface area contributed by atoms with Crippen molar-refractivity contribution in [3.05, 3.63) is 0 Å². The summed E-state index contributed by atoms with van der Waals surface area (Å²) in [4.78, 5) is 10.9. The van der Waals surface area contributed by atoms with Crippen LogP contribution < -0.4 is 5.32 Å². The van der Waals surface area contributed by atoms with Crippen LogP contribution in [0.2, 0.25) is 0 Å². The van der Waals surface area contributed by atoms with Gasteiger partial charge in [-0.1, -0.05) is 34.6 Å². The van der Waals surface area contributed by atoms with Crippen LogP contribution in [0, 0.1) is 5.41 Å². The molecule has 0 amide bonds. The highest BCUT2D eigenvalue weighted by Crippen LogP contribution is 2.17. The van der Waals surface area contributed by atoms with E-state index in [2.05, 4.69) is 26.1 Å². The quantitative estimate of drug-likeness (QED) is 0.644. The fourth-order valence-corrected chi connectivity index (χ4v) is 1.36. The van der Waals surface area contributed by atoms with Crippen molar-refractivity contribution in [3.8, 4) is 0 Å². The van der Waals surface area contributed by atoms with Crippen molar-refractivity contribution in [2.75, 3.05) is 13.2 Å². The number of carboxylic acid groups (broad SMARTS) is 1. The summed E-state index contributed by atoms with van der Waals surface area (Å²) in [5.41, 5.74) is 0.266. The van der Waals surface area contributed by atoms with E-state index in [9.17, 15) is 4.79 Å². The first-order chi connectivity index (χ1) is 7.72. The summed E-state index contributed by atoms with van der Waals surface area (Å²) in [5.74, 6) is -0.807. The van der Waals surface area contributed by atoms with E-state index in [1.807, 2.05) is 13.8 Å². The van der Waals surface area contributed by atoms with Gasteiger partial charge in [0.25, 0.3) is 0 Å². The maximum Gasteiger partial charge on any atom is 0.320 e. The SMILES string of the molecule is CC(C)NC(CCOCCC(C)(C)C)C(=O)O. The van der Waals surface area contributed by atoms with Crippen LogP contribution in [0.25, 0.3) is 0 Å². The van der Waals surface area contributed by atoms with Crippen LogP contribution in [0.1, 0.15) is 47.5 Å². The second-order valence-electron chi connectivity index (χ2n) is 5.92. The summed E-state index contributed by atoms with van der Waals surface area (Å²) in [6.45, 7) is 11.6. The van der Waals surface area contributed by atoms with E-state index >= 15 is 0 Å². The third-order valence-electron chi connectivity index (χ3n) is 2.38. The zero-order chi connectivity index (χ0) is 13.5. The Morgan fingerprint density at radius 3 is 2.29 bits per heavy atom. The summed E-state index contributed by atoms with van der Waals surface area (Å²) in [6, 6.07) is -0.338. The molecule has 0 heterocycles. The van der Waals surface area contributed by atoms with Crippen molar-refractivity contribution in [1.29, 1.82) is 0 Å². The normalized spacial score (nSPS) is 14.0. The minimum absolute atomic E-state index is 0.172. The minimum Gasteiger partial charge on any atom is -0.480 e. The number of carboxylic acids is 1. The van der Waals surface area contributed by atoms with Gasteiger partial charge in [-0.2, -0.15) is 0 Å². The van der Waals surface area contributed by atoms with Gasteiger partial charge in [-0.25, -0.2) is 0 Å². The second-order valence-corrected chi connectivity index (χ2v) is 5.92. The van der Waals surface area contributed by atoms with Crippen LogP contribution in [0.15, 0.2) is 0 Å². The van der Waals surface area contributed by atoms with E-state index in [0.717, 1.165) is 6.42 Å². The molecule has 0 aromatic carbocycles. The maximum absolute atomic E-state index is 10.9. The molecule has 0 saturated carbocycles. The molecule has 17 heavy (non-hydrogen) atoms. The lowest BCUT2D eigenvalue weighted by molar-refractivity contribution is -0.140. The van der Waals surface area contributed by atoms with E-state index < -0.39 is 12.0 Å². The lowest BCUT2D eigenvalue weighted by atomic mass is 9.93. The van der Waals surface area contributed by atoms with E-state index in [1.165, 1.54) is 0 Å². The first-order valence-electron chi connectivity index (χ1n) is 6.29. The smallest absolute Gasteiger partial charge is 0.320 e. The summed E-state index contributed by atoms with van der Waals surface area (Å²) in [6.07, 6.45) is 1.50. The maximum atomic E-state index is 10.9. The molecule has 0 aromatic rings. The molecule has 1 unspecified atom stereocenters. The molecule has 0 spiro atoms. The van der Waals surface area contributed by atoms with E-state index in [4.69, 9.17) is 9.84 Å². The van der Waals surface area contributed by atoms with Gasteiger partial charge in [-0.3, -0.25) is 4.79 Å². The van der Waals surface area contributed by atoms with Gasteiger partial charge in [-0.15, -0.1) is 0 Å². The number of rotatable bonds is 8. The van der Waals surface area contributed by atoms with E-state index in [0.29, 0.717) is 19.6 Å². The van der Waals surface area contributed by atoms with Crippen molar-refractivity contribution in [2.24, 2.45) is 5.41 Å². The zero-order valence-electron chi connectivity index (χ0n) is 11.7. The standard InChI is InChI=1S/C13H27NO3/c1-10(2)14-11(12(15)16)6-8-17-9-7-13(3,4)5/h10-11,14H,6-9H2,1-5H3,(H,15,16). The van der Waals surface area contributed by atoms with Crippen LogP contribution in [0.5, 0.6) is 0 Å². The fraction of sp³-hybridized carbons (Fsp3) is 0.923. The van der Waals surface area contributed by atoms with Crippen molar-refractivity contribution in [2.45, 2.75) is 59.5 Å². The molecule has 0 aromatic heterocycles. The minimum atomic E-state index is -0.807. The number of ether oxygens (including phenoxy) is 1. The molecule has 102 valence electrons. The average molecular weight is 245 g/mol. The molecule has 0 saturated heterocycles. The summed E-state index contributed by atoms with van der Waals surface area (Å²) >= 11 is 0. The topological polar surface area (TPSA) is 58.6 Å². The van der Waals surface area contributed by atoms with Crippen LogP contribution in [-0.4, -0.2) is 36.4 Å². The largest absolute Gasteiger partial charge is 0.480 e. The Labute approximate surface area is 105 Å². The highest BCUT2D eigenvalue weighted by atomic mass is 16.5. The van der Waals surface area contributed by atoms with Gasteiger partial charge < -0.3 is 15.2 Å². The van der Waals surface area contributed by atoms with Crippen molar-refractivity contribution in [1.82, 2.24) is 5.32 Å². The number of hydrogen-bond acceptors (Lipinski definition) is 3. The van der Waals surface area contributed by atoms with Crippen LogP contribution in [-0.2, 0) is 9.53 Å². The lowest BCUT2D eigenvalue weighted by Crippen LogP contribution is -2.41. The first kappa shape index (κ1) is 16.4. The average Bonchev–Trinajstić information content (AvgIpc) is 2.12. The number of aliphatic carboxylic acids is 1. The molecule has 0 aliphatic rings. The monoisotopic (exact) mass is 245 g/mol. The summed E-state index contributed by atoms with van der Waals surface area (Å²) < 4.78 is 5.47. The molecule has 0 rings (SSSR count). The third-order valence-corrected chi connectivity index (χ3v) is 2.38. The summed E-state index contributed by atoms with van der Waals surface area (Å²) in [5, 5.41) is 12.0. The predicted octanol–water partition coefficient (Wildman–Crippen LogP) is 2.28. The Balaban J connectivity index is 3.72. The van der Waals surface area contributed by atoms with Crippen LogP contribution in [0.3, 0.4) is 0 Å². The van der Waals surface area contributed by atoms with Gasteiger partial charge in [0.2, 0.25) is 0 Å². The Hall–Kier alpha value is -0.610. The molecule has 0 radical (unpaired) electrons. The predicted molar refractivity (Wildman–Crippen MR) is 69.2 cm³/mol. The van der Waals surface area contributed by atoms with Crippen molar-refractivity contribution in [3.63, 3.8) is 0 Å². The molecular formula is C13H27NO3. The second kappa shape index (κ2) is 7.67. The lowest BCUT2D eigenvalue weighted by Gasteiger charge is -2.19. The van der Waals surface area contributed by atoms with E-state index in [-0.39, 0.29) is 11.5 Å². The number of hydrogen-bond donors (Lipinski definition) is 2. The van der Waals surface area contributed by atoms with Crippen LogP contribution in [0.4, 0.5) is 0 Å². The Bertz CT molecular complexity index is 221. The first-order valence-corrected chi connectivity index (χ1v) is 6.29. The van der Waals surface area contributed by atoms with Gasteiger partial charge in [0, 0.05) is 19.3 Å². The Kier molecular flexibility index (Phi) is 7.39. The van der Waals surface area contributed by atoms with Gasteiger partial charge >= 0.3 is 5.97 Å². The van der Waals surface area contributed by atoms with Crippen molar-refractivity contribution < 1.29 is 14.6 Å². The van der Waals surface area contributed by atoms with Gasteiger partial charge in [0.1, 0.15) is 6.04 Å². The highest BCUT2D eigenvalue weighted by molar-refractivity contribution is 5.73. The van der Waals surface area contributed by atoms with E-state index in [1.54, 1.807) is 0 Å². The Morgan fingerprint density at radius 1 is 1.29 bits per heavy atom. The molecule has 0 aliphatic heterocycles. The molecule has 1 atom stereocenters. The number of nitrogens with one attached hydrogen (secondary N) is 1. The molecule has 0 fully saturated rings. The third kappa shape index (κ3) is 10.3. The number of carbonyl (C=O) groups is 1. The summed E-state index contributed by atoms with van der Waals surface area (Å²) in [7, 11) is 0. The molecule has 0 bridgehead atoms. The fourth-order valence-electron chi connectivity index (χ4n) is 1.36. The molecule has 0 aliphatic carbocycles. The van der Waals surface area contributed by atoms with Crippen molar-refractivity contribution >= 4 is 5.97 Å². The van der Waals surface area contributed by atoms with Gasteiger partial charge in [-0.05, 0) is 18.3 Å². The molecular weight excluding hydrogens is 218 g/mol. The van der Waals surface area contributed by atoms with Crippen LogP contribution >= 0.6 is 0 Å². The molecule has 2 N–H and O–H groups in total. The molecule has 4 heteroatoms. The van der Waals surface area contributed by atoms with Gasteiger partial charge in [0.05, 0.1) is 0 Å². The zero-order valence-corrected chi connectivity index (χ0v) is 11.7.